The molecule has 1 atom stereocenters. The second kappa shape index (κ2) is 5.44. The molecule has 1 aromatic carbocycles. The molecule has 0 saturated heterocycles. The molecule has 0 spiro atoms. The first-order valence-electron chi connectivity index (χ1n) is 6.22. The van der Waals surface area contributed by atoms with E-state index in [0.29, 0.717) is 11.8 Å². The second-order valence-electron chi connectivity index (χ2n) is 4.52. The molecule has 0 saturated carbocycles. The second-order valence-corrected chi connectivity index (χ2v) is 5.50. The highest BCUT2D eigenvalue weighted by molar-refractivity contribution is 7.10. The number of rotatable bonds is 4. The average molecular weight is 261 g/mol. The highest BCUT2D eigenvalue weighted by atomic mass is 32.1. The van der Waals surface area contributed by atoms with E-state index < -0.39 is 0 Å². The van der Waals surface area contributed by atoms with Crippen LogP contribution in [0.25, 0.3) is 0 Å². The third-order valence-corrected chi connectivity index (χ3v) is 4.24. The number of thiophene rings is 1. The van der Waals surface area contributed by atoms with Gasteiger partial charge in [0.2, 0.25) is 0 Å². The number of anilines is 1. The van der Waals surface area contributed by atoms with Crippen LogP contribution in [-0.4, -0.2) is 5.11 Å². The molecule has 1 heterocycles. The molecule has 0 radical (unpaired) electrons. The number of benzene rings is 1. The molecule has 1 aromatic heterocycles. The maximum Gasteiger partial charge on any atom is 0.123 e. The van der Waals surface area contributed by atoms with Gasteiger partial charge in [-0.3, -0.25) is 0 Å². The summed E-state index contributed by atoms with van der Waals surface area (Å²) in [4.78, 5) is 1.33. The SMILES string of the molecule is CCC(Nc1ccc(C)c(O)c1C)c1cccs1. The number of aryl methyl sites for hydroxylation is 1. The van der Waals surface area contributed by atoms with Crippen LogP contribution in [-0.2, 0) is 0 Å². The summed E-state index contributed by atoms with van der Waals surface area (Å²) in [5.74, 6) is 0.390. The lowest BCUT2D eigenvalue weighted by molar-refractivity contribution is 0.467. The molecular weight excluding hydrogens is 242 g/mol. The van der Waals surface area contributed by atoms with Gasteiger partial charge in [-0.25, -0.2) is 0 Å². The normalized spacial score (nSPS) is 12.4. The Morgan fingerprint density at radius 1 is 1.28 bits per heavy atom. The largest absolute Gasteiger partial charge is 0.507 e. The zero-order valence-corrected chi connectivity index (χ0v) is 11.8. The number of hydrogen-bond acceptors (Lipinski definition) is 3. The lowest BCUT2D eigenvalue weighted by Crippen LogP contribution is -2.09. The number of phenolic OH excluding ortho intramolecular Hbond substituents is 1. The van der Waals surface area contributed by atoms with Gasteiger partial charge < -0.3 is 10.4 Å². The van der Waals surface area contributed by atoms with Crippen LogP contribution in [0.15, 0.2) is 29.6 Å². The van der Waals surface area contributed by atoms with Crippen molar-refractivity contribution in [2.75, 3.05) is 5.32 Å². The third kappa shape index (κ3) is 2.51. The molecule has 0 fully saturated rings. The topological polar surface area (TPSA) is 32.3 Å². The van der Waals surface area contributed by atoms with E-state index >= 15 is 0 Å². The number of hydrogen-bond donors (Lipinski definition) is 2. The molecule has 18 heavy (non-hydrogen) atoms. The van der Waals surface area contributed by atoms with E-state index in [-0.39, 0.29) is 0 Å². The van der Waals surface area contributed by atoms with E-state index in [9.17, 15) is 5.11 Å². The van der Waals surface area contributed by atoms with Crippen molar-refractivity contribution in [1.29, 1.82) is 0 Å². The fourth-order valence-corrected chi connectivity index (χ4v) is 2.90. The Bertz CT molecular complexity index is 520. The van der Waals surface area contributed by atoms with Crippen LogP contribution < -0.4 is 5.32 Å². The Labute approximate surface area is 112 Å². The first kappa shape index (κ1) is 13.0. The fourth-order valence-electron chi connectivity index (χ4n) is 2.04. The van der Waals surface area contributed by atoms with Crippen LogP contribution in [0, 0.1) is 13.8 Å². The molecule has 2 rings (SSSR count). The molecule has 0 aliphatic rings. The number of aromatic hydroxyl groups is 1. The van der Waals surface area contributed by atoms with Gasteiger partial charge in [0.25, 0.3) is 0 Å². The van der Waals surface area contributed by atoms with Gasteiger partial charge in [0.15, 0.2) is 0 Å². The number of phenols is 1. The molecule has 0 bridgehead atoms. The first-order chi connectivity index (χ1) is 8.63. The standard InChI is InChI=1S/C15H19NOS/c1-4-12(14-6-5-9-18-14)16-13-8-7-10(2)15(17)11(13)3/h5-9,12,16-17H,4H2,1-3H3. The van der Waals surface area contributed by atoms with Crippen LogP contribution >= 0.6 is 11.3 Å². The van der Waals surface area contributed by atoms with Crippen LogP contribution in [0.1, 0.15) is 35.4 Å². The summed E-state index contributed by atoms with van der Waals surface area (Å²) in [6.45, 7) is 6.04. The Kier molecular flexibility index (Phi) is 3.92. The molecule has 0 aliphatic heterocycles. The van der Waals surface area contributed by atoms with Crippen molar-refractivity contribution in [2.24, 2.45) is 0 Å². The first-order valence-corrected chi connectivity index (χ1v) is 7.10. The summed E-state index contributed by atoms with van der Waals surface area (Å²) < 4.78 is 0. The lowest BCUT2D eigenvalue weighted by atomic mass is 10.1. The minimum atomic E-state index is 0.311. The Balaban J connectivity index is 2.26. The van der Waals surface area contributed by atoms with Crippen molar-refractivity contribution in [1.82, 2.24) is 0 Å². The van der Waals surface area contributed by atoms with Crippen molar-refractivity contribution in [3.05, 3.63) is 45.6 Å². The van der Waals surface area contributed by atoms with E-state index in [4.69, 9.17) is 0 Å². The quantitative estimate of drug-likeness (QED) is 0.840. The van der Waals surface area contributed by atoms with Crippen LogP contribution in [0.5, 0.6) is 5.75 Å². The highest BCUT2D eigenvalue weighted by Crippen LogP contribution is 2.32. The summed E-state index contributed by atoms with van der Waals surface area (Å²) in [5, 5.41) is 15.6. The van der Waals surface area contributed by atoms with Crippen molar-refractivity contribution >= 4 is 17.0 Å². The Morgan fingerprint density at radius 3 is 2.67 bits per heavy atom. The van der Waals surface area contributed by atoms with Gasteiger partial charge in [-0.2, -0.15) is 0 Å². The maximum atomic E-state index is 9.97. The summed E-state index contributed by atoms with van der Waals surface area (Å²) in [7, 11) is 0. The fraction of sp³-hybridized carbons (Fsp3) is 0.333. The Morgan fingerprint density at radius 2 is 2.06 bits per heavy atom. The summed E-state index contributed by atoms with van der Waals surface area (Å²) in [6.07, 6.45) is 1.02. The van der Waals surface area contributed by atoms with E-state index in [1.165, 1.54) is 4.88 Å². The van der Waals surface area contributed by atoms with Crippen molar-refractivity contribution in [3.63, 3.8) is 0 Å². The van der Waals surface area contributed by atoms with Gasteiger partial charge in [-0.1, -0.05) is 19.1 Å². The van der Waals surface area contributed by atoms with E-state index in [1.807, 2.05) is 26.0 Å². The lowest BCUT2D eigenvalue weighted by Gasteiger charge is -2.19. The van der Waals surface area contributed by atoms with Gasteiger partial charge in [0, 0.05) is 16.1 Å². The molecule has 3 heteroatoms. The molecule has 2 aromatic rings. The van der Waals surface area contributed by atoms with Crippen LogP contribution in [0.3, 0.4) is 0 Å². The highest BCUT2D eigenvalue weighted by Gasteiger charge is 2.13. The molecule has 2 N–H and O–H groups in total. The van der Waals surface area contributed by atoms with Gasteiger partial charge >= 0.3 is 0 Å². The summed E-state index contributed by atoms with van der Waals surface area (Å²) in [6, 6.07) is 8.52. The van der Waals surface area contributed by atoms with Crippen molar-refractivity contribution < 1.29 is 5.11 Å². The molecule has 96 valence electrons. The zero-order chi connectivity index (χ0) is 13.1. The predicted octanol–water partition coefficient (Wildman–Crippen LogP) is 4.63. The van der Waals surface area contributed by atoms with Crippen molar-refractivity contribution in [3.8, 4) is 5.75 Å². The molecule has 0 aliphatic carbocycles. The molecule has 2 nitrogen and oxygen atoms in total. The predicted molar refractivity (Wildman–Crippen MR) is 78.6 cm³/mol. The zero-order valence-electron chi connectivity index (χ0n) is 11.0. The van der Waals surface area contributed by atoms with Crippen LogP contribution in [0.2, 0.25) is 0 Å². The van der Waals surface area contributed by atoms with Crippen molar-refractivity contribution in [2.45, 2.75) is 33.2 Å². The van der Waals surface area contributed by atoms with Gasteiger partial charge in [-0.15, -0.1) is 11.3 Å². The number of nitrogens with one attached hydrogen (secondary N) is 1. The Hall–Kier alpha value is -1.48. The maximum absolute atomic E-state index is 9.97. The summed E-state index contributed by atoms with van der Waals surface area (Å²) >= 11 is 1.76. The van der Waals surface area contributed by atoms with E-state index in [2.05, 4.69) is 29.8 Å². The van der Waals surface area contributed by atoms with E-state index in [1.54, 1.807) is 11.3 Å². The minimum absolute atomic E-state index is 0.311. The molecule has 0 amide bonds. The van der Waals surface area contributed by atoms with E-state index in [0.717, 1.165) is 23.2 Å². The minimum Gasteiger partial charge on any atom is -0.507 e. The average Bonchev–Trinajstić information content (AvgIpc) is 2.89. The molecular formula is C15H19NOS. The van der Waals surface area contributed by atoms with Gasteiger partial charge in [0.05, 0.1) is 6.04 Å². The van der Waals surface area contributed by atoms with Gasteiger partial charge in [-0.05, 0) is 43.3 Å². The molecule has 1 unspecified atom stereocenters. The van der Waals surface area contributed by atoms with Gasteiger partial charge in [0.1, 0.15) is 5.75 Å². The monoisotopic (exact) mass is 261 g/mol. The smallest absolute Gasteiger partial charge is 0.123 e. The summed E-state index contributed by atoms with van der Waals surface area (Å²) in [5.41, 5.74) is 2.85. The third-order valence-electron chi connectivity index (χ3n) is 3.26. The van der Waals surface area contributed by atoms with Crippen LogP contribution in [0.4, 0.5) is 5.69 Å².